The first kappa shape index (κ1) is 20.3. The number of para-hydroxylation sites is 1. The number of nitrogens with zero attached hydrogens (tertiary/aromatic N) is 1. The summed E-state index contributed by atoms with van der Waals surface area (Å²) in [6.07, 6.45) is 2.07. The van der Waals surface area contributed by atoms with E-state index < -0.39 is 4.92 Å². The van der Waals surface area contributed by atoms with Crippen molar-refractivity contribution in [2.75, 3.05) is 0 Å². The number of carbonyl (C=O) groups excluding carboxylic acids is 1. The second kappa shape index (κ2) is 8.83. The summed E-state index contributed by atoms with van der Waals surface area (Å²) in [5, 5.41) is 15.4. The highest BCUT2D eigenvalue weighted by Gasteiger charge is 2.24. The minimum absolute atomic E-state index is 0.0143. The lowest BCUT2D eigenvalue weighted by atomic mass is 9.87. The van der Waals surface area contributed by atoms with Crippen LogP contribution >= 0.6 is 0 Å². The van der Waals surface area contributed by atoms with Crippen molar-refractivity contribution in [3.63, 3.8) is 0 Å². The summed E-state index contributed by atoms with van der Waals surface area (Å²) >= 11 is 0. The van der Waals surface area contributed by atoms with Crippen LogP contribution < -0.4 is 5.32 Å². The molecule has 31 heavy (non-hydrogen) atoms. The molecule has 0 aliphatic carbocycles. The number of non-ortho nitro benzene ring substituents is 1. The molecule has 0 bridgehead atoms. The second-order valence-corrected chi connectivity index (χ2v) is 7.60. The molecule has 2 N–H and O–H groups in total. The summed E-state index contributed by atoms with van der Waals surface area (Å²) in [5.41, 5.74) is 3.68. The van der Waals surface area contributed by atoms with E-state index >= 15 is 0 Å². The van der Waals surface area contributed by atoms with Crippen LogP contribution in [0.15, 0.2) is 85.1 Å². The standard InChI is InChI=1S/C25H23N3O3/c1-17(18-8-3-2-4-9-18)27-25(29)15-22(19-10-7-11-20(14-19)28(30)31)23-16-26-24-13-6-5-12-21(23)24/h2-14,16-17,22,26H,15H2,1H3,(H,27,29)/t17-,22+/m1/s1. The zero-order chi connectivity index (χ0) is 21.8. The average Bonchev–Trinajstić information content (AvgIpc) is 3.22. The molecule has 0 saturated heterocycles. The normalized spacial score (nSPS) is 12.9. The number of nitrogens with one attached hydrogen (secondary N) is 2. The Morgan fingerprint density at radius 1 is 1.00 bits per heavy atom. The fraction of sp³-hybridized carbons (Fsp3) is 0.160. The molecule has 4 aromatic rings. The quantitative estimate of drug-likeness (QED) is 0.311. The van der Waals surface area contributed by atoms with Crippen molar-refractivity contribution in [2.45, 2.75) is 25.3 Å². The lowest BCUT2D eigenvalue weighted by Gasteiger charge is -2.20. The van der Waals surface area contributed by atoms with E-state index in [1.54, 1.807) is 12.1 Å². The summed E-state index contributed by atoms with van der Waals surface area (Å²) in [5.74, 6) is -0.433. The molecule has 4 rings (SSSR count). The Kier molecular flexibility index (Phi) is 5.80. The van der Waals surface area contributed by atoms with Crippen LogP contribution in [0, 0.1) is 10.1 Å². The number of nitro benzene ring substituents is 1. The molecular formula is C25H23N3O3. The first-order chi connectivity index (χ1) is 15.0. The maximum atomic E-state index is 13.0. The molecule has 6 heteroatoms. The summed E-state index contributed by atoms with van der Waals surface area (Å²) in [6, 6.07) is 24.0. The summed E-state index contributed by atoms with van der Waals surface area (Å²) in [6.45, 7) is 1.95. The Bertz CT molecular complexity index is 1220. The maximum absolute atomic E-state index is 13.0. The van der Waals surface area contributed by atoms with Crippen molar-refractivity contribution >= 4 is 22.5 Å². The van der Waals surface area contributed by atoms with E-state index in [2.05, 4.69) is 10.3 Å². The third-order valence-corrected chi connectivity index (χ3v) is 5.55. The van der Waals surface area contributed by atoms with Gasteiger partial charge in [0.15, 0.2) is 0 Å². The predicted octanol–water partition coefficient (Wildman–Crippen LogP) is 5.48. The fourth-order valence-corrected chi connectivity index (χ4v) is 3.96. The van der Waals surface area contributed by atoms with E-state index in [4.69, 9.17) is 0 Å². The molecular weight excluding hydrogens is 390 g/mol. The van der Waals surface area contributed by atoms with Gasteiger partial charge in [0.25, 0.3) is 5.69 Å². The molecule has 1 heterocycles. The number of H-pyrrole nitrogens is 1. The van der Waals surface area contributed by atoms with Crippen molar-refractivity contribution in [2.24, 2.45) is 0 Å². The van der Waals surface area contributed by atoms with Crippen LogP contribution in [0.3, 0.4) is 0 Å². The first-order valence-electron chi connectivity index (χ1n) is 10.2. The van der Waals surface area contributed by atoms with Gasteiger partial charge < -0.3 is 10.3 Å². The molecule has 0 unspecified atom stereocenters. The maximum Gasteiger partial charge on any atom is 0.269 e. The SMILES string of the molecule is C[C@@H](NC(=O)C[C@@H](c1cccc([N+](=O)[O-])c1)c1c[nH]c2ccccc12)c1ccccc1. The Balaban J connectivity index is 1.66. The number of amides is 1. The number of rotatable bonds is 7. The van der Waals surface area contributed by atoms with Crippen molar-refractivity contribution in [3.8, 4) is 0 Å². The third-order valence-electron chi connectivity index (χ3n) is 5.55. The van der Waals surface area contributed by atoms with E-state index in [-0.39, 0.29) is 30.0 Å². The van der Waals surface area contributed by atoms with Gasteiger partial charge in [0.2, 0.25) is 5.91 Å². The van der Waals surface area contributed by atoms with Gasteiger partial charge >= 0.3 is 0 Å². The molecule has 1 amide bonds. The van der Waals surface area contributed by atoms with Gasteiger partial charge in [0.1, 0.15) is 0 Å². The fourth-order valence-electron chi connectivity index (χ4n) is 3.96. The van der Waals surface area contributed by atoms with Gasteiger partial charge in [-0.25, -0.2) is 0 Å². The number of aromatic nitrogens is 1. The largest absolute Gasteiger partial charge is 0.361 e. The van der Waals surface area contributed by atoms with E-state index in [0.29, 0.717) is 0 Å². The Morgan fingerprint density at radius 3 is 2.48 bits per heavy atom. The molecule has 156 valence electrons. The van der Waals surface area contributed by atoms with Crippen molar-refractivity contribution in [3.05, 3.63) is 112 Å². The highest BCUT2D eigenvalue weighted by atomic mass is 16.6. The predicted molar refractivity (Wildman–Crippen MR) is 121 cm³/mol. The number of benzene rings is 3. The van der Waals surface area contributed by atoms with Gasteiger partial charge in [-0.05, 0) is 29.7 Å². The lowest BCUT2D eigenvalue weighted by Crippen LogP contribution is -2.28. The van der Waals surface area contributed by atoms with Gasteiger partial charge in [-0.15, -0.1) is 0 Å². The molecule has 0 radical (unpaired) electrons. The summed E-state index contributed by atoms with van der Waals surface area (Å²) in [4.78, 5) is 27.2. The van der Waals surface area contributed by atoms with Crippen LogP contribution in [0.2, 0.25) is 0 Å². The molecule has 0 saturated carbocycles. The Labute approximate surface area is 180 Å². The minimum atomic E-state index is -0.409. The van der Waals surface area contributed by atoms with Crippen LogP contribution in [0.4, 0.5) is 5.69 Å². The number of hydrogen-bond acceptors (Lipinski definition) is 3. The monoisotopic (exact) mass is 413 g/mol. The van der Waals surface area contributed by atoms with Crippen LogP contribution in [0.25, 0.3) is 10.9 Å². The van der Waals surface area contributed by atoms with Crippen molar-refractivity contribution in [1.29, 1.82) is 0 Å². The molecule has 6 nitrogen and oxygen atoms in total. The zero-order valence-electron chi connectivity index (χ0n) is 17.1. The minimum Gasteiger partial charge on any atom is -0.361 e. The van der Waals surface area contributed by atoms with Crippen LogP contribution in [0.1, 0.15) is 42.0 Å². The molecule has 3 aromatic carbocycles. The number of nitro groups is 1. The van der Waals surface area contributed by atoms with E-state index in [9.17, 15) is 14.9 Å². The Morgan fingerprint density at radius 2 is 1.71 bits per heavy atom. The van der Waals surface area contributed by atoms with Gasteiger partial charge in [-0.2, -0.15) is 0 Å². The lowest BCUT2D eigenvalue weighted by molar-refractivity contribution is -0.384. The van der Waals surface area contributed by atoms with Crippen LogP contribution in [0.5, 0.6) is 0 Å². The van der Waals surface area contributed by atoms with Gasteiger partial charge in [0.05, 0.1) is 11.0 Å². The zero-order valence-corrected chi connectivity index (χ0v) is 17.1. The number of hydrogen-bond donors (Lipinski definition) is 2. The van der Waals surface area contributed by atoms with Gasteiger partial charge in [0, 0.05) is 41.6 Å². The van der Waals surface area contributed by atoms with Crippen molar-refractivity contribution < 1.29 is 9.72 Å². The molecule has 0 aliphatic rings. The van der Waals surface area contributed by atoms with Crippen LogP contribution in [-0.4, -0.2) is 15.8 Å². The Hall–Kier alpha value is -3.93. The average molecular weight is 413 g/mol. The second-order valence-electron chi connectivity index (χ2n) is 7.60. The van der Waals surface area contributed by atoms with E-state index in [1.165, 1.54) is 6.07 Å². The number of carbonyl (C=O) groups is 1. The first-order valence-corrected chi connectivity index (χ1v) is 10.2. The van der Waals surface area contributed by atoms with Gasteiger partial charge in [-0.3, -0.25) is 14.9 Å². The van der Waals surface area contributed by atoms with E-state index in [1.807, 2.05) is 73.8 Å². The number of aromatic amines is 1. The highest BCUT2D eigenvalue weighted by molar-refractivity contribution is 5.86. The molecule has 1 aromatic heterocycles. The molecule has 0 spiro atoms. The van der Waals surface area contributed by atoms with Gasteiger partial charge in [-0.1, -0.05) is 60.7 Å². The molecule has 0 aliphatic heterocycles. The number of fused-ring (bicyclic) bond motifs is 1. The summed E-state index contributed by atoms with van der Waals surface area (Å²) < 4.78 is 0. The molecule has 2 atom stereocenters. The van der Waals surface area contributed by atoms with E-state index in [0.717, 1.165) is 27.6 Å². The van der Waals surface area contributed by atoms with Crippen molar-refractivity contribution in [1.82, 2.24) is 10.3 Å². The third kappa shape index (κ3) is 4.48. The van der Waals surface area contributed by atoms with Crippen LogP contribution in [-0.2, 0) is 4.79 Å². The highest BCUT2D eigenvalue weighted by Crippen LogP contribution is 2.35. The molecule has 0 fully saturated rings. The smallest absolute Gasteiger partial charge is 0.269 e. The summed E-state index contributed by atoms with van der Waals surface area (Å²) in [7, 11) is 0. The topological polar surface area (TPSA) is 88.0 Å².